The lowest BCUT2D eigenvalue weighted by molar-refractivity contribution is 0.217. The molecule has 2 N–H and O–H groups in total. The van der Waals surface area contributed by atoms with Gasteiger partial charge < -0.3 is 19.9 Å². The van der Waals surface area contributed by atoms with Crippen molar-refractivity contribution in [1.82, 2.24) is 0 Å². The van der Waals surface area contributed by atoms with E-state index in [2.05, 4.69) is 0 Å². The van der Waals surface area contributed by atoms with E-state index in [1.807, 2.05) is 49.4 Å². The van der Waals surface area contributed by atoms with Crippen molar-refractivity contribution in [2.24, 2.45) is 0 Å². The van der Waals surface area contributed by atoms with Crippen molar-refractivity contribution in [3.8, 4) is 17.2 Å². The van der Waals surface area contributed by atoms with Gasteiger partial charge in [-0.25, -0.2) is 0 Å². The molecule has 0 aliphatic carbocycles. The molecule has 0 bridgehead atoms. The molecular formula is C16H19NO3. The molecule has 0 unspecified atom stereocenters. The van der Waals surface area contributed by atoms with Gasteiger partial charge in [0.1, 0.15) is 30.5 Å². The van der Waals surface area contributed by atoms with E-state index in [4.69, 9.17) is 19.9 Å². The summed E-state index contributed by atoms with van der Waals surface area (Å²) in [5.41, 5.74) is 7.59. The minimum Gasteiger partial charge on any atom is -0.497 e. The summed E-state index contributed by atoms with van der Waals surface area (Å²) < 4.78 is 16.3. The number of nitrogens with two attached hydrogens (primary N) is 1. The third-order valence-corrected chi connectivity index (χ3v) is 2.82. The standard InChI is InChI=1S/C16H19NO3/c1-12-6-7-15(17)16(10-12)20-9-8-19-14-5-3-4-13(11-14)18-2/h3-7,10-11H,8-9,17H2,1-2H3. The van der Waals surface area contributed by atoms with Crippen LogP contribution in [0.3, 0.4) is 0 Å². The molecule has 0 spiro atoms. The Hall–Kier alpha value is -2.36. The molecule has 106 valence electrons. The molecule has 0 atom stereocenters. The van der Waals surface area contributed by atoms with Crippen LogP contribution in [0.25, 0.3) is 0 Å². The van der Waals surface area contributed by atoms with Crippen LogP contribution < -0.4 is 19.9 Å². The second-order valence-electron chi connectivity index (χ2n) is 4.42. The predicted molar refractivity (Wildman–Crippen MR) is 79.6 cm³/mol. The first-order valence-corrected chi connectivity index (χ1v) is 6.45. The van der Waals surface area contributed by atoms with Crippen molar-refractivity contribution in [1.29, 1.82) is 0 Å². The van der Waals surface area contributed by atoms with Gasteiger partial charge in [-0.1, -0.05) is 12.1 Å². The highest BCUT2D eigenvalue weighted by molar-refractivity contribution is 5.53. The Morgan fingerprint density at radius 2 is 1.70 bits per heavy atom. The average molecular weight is 273 g/mol. The van der Waals surface area contributed by atoms with E-state index in [9.17, 15) is 0 Å². The third kappa shape index (κ3) is 3.82. The van der Waals surface area contributed by atoms with Gasteiger partial charge in [-0.2, -0.15) is 0 Å². The lowest BCUT2D eigenvalue weighted by atomic mass is 10.2. The lowest BCUT2D eigenvalue weighted by Crippen LogP contribution is -2.10. The number of anilines is 1. The second kappa shape index (κ2) is 6.70. The Morgan fingerprint density at radius 1 is 0.950 bits per heavy atom. The number of rotatable bonds is 6. The highest BCUT2D eigenvalue weighted by Crippen LogP contribution is 2.22. The molecule has 2 rings (SSSR count). The Bertz CT molecular complexity index is 569. The van der Waals surface area contributed by atoms with Crippen LogP contribution in [-0.4, -0.2) is 20.3 Å². The maximum absolute atomic E-state index is 5.84. The molecule has 0 saturated heterocycles. The van der Waals surface area contributed by atoms with Crippen LogP contribution >= 0.6 is 0 Å². The van der Waals surface area contributed by atoms with Crippen LogP contribution in [0.4, 0.5) is 5.69 Å². The Morgan fingerprint density at radius 3 is 2.50 bits per heavy atom. The van der Waals surface area contributed by atoms with Gasteiger partial charge in [-0.05, 0) is 36.8 Å². The maximum Gasteiger partial charge on any atom is 0.142 e. The van der Waals surface area contributed by atoms with Crippen LogP contribution in [0.5, 0.6) is 17.2 Å². The van der Waals surface area contributed by atoms with Gasteiger partial charge in [0.15, 0.2) is 0 Å². The van der Waals surface area contributed by atoms with E-state index in [-0.39, 0.29) is 0 Å². The summed E-state index contributed by atoms with van der Waals surface area (Å²) in [5.74, 6) is 2.22. The van der Waals surface area contributed by atoms with Crippen molar-refractivity contribution >= 4 is 5.69 Å². The lowest BCUT2D eigenvalue weighted by Gasteiger charge is -2.11. The first-order chi connectivity index (χ1) is 9.69. The topological polar surface area (TPSA) is 53.7 Å². The molecule has 0 saturated carbocycles. The zero-order valence-electron chi connectivity index (χ0n) is 11.8. The summed E-state index contributed by atoms with van der Waals surface area (Å²) in [6, 6.07) is 13.2. The summed E-state index contributed by atoms with van der Waals surface area (Å²) in [6.07, 6.45) is 0. The monoisotopic (exact) mass is 273 g/mol. The summed E-state index contributed by atoms with van der Waals surface area (Å²) >= 11 is 0. The number of nitrogen functional groups attached to an aromatic ring is 1. The first kappa shape index (κ1) is 14.1. The molecule has 0 radical (unpaired) electrons. The SMILES string of the molecule is COc1cccc(OCCOc2cc(C)ccc2N)c1. The maximum atomic E-state index is 5.84. The number of hydrogen-bond donors (Lipinski definition) is 1. The van der Waals surface area contributed by atoms with Crippen molar-refractivity contribution < 1.29 is 14.2 Å². The molecule has 2 aromatic carbocycles. The van der Waals surface area contributed by atoms with E-state index in [0.717, 1.165) is 17.1 Å². The minimum atomic E-state index is 0.435. The molecule has 2 aromatic rings. The number of methoxy groups -OCH3 is 1. The van der Waals surface area contributed by atoms with Crippen molar-refractivity contribution in [2.75, 3.05) is 26.1 Å². The zero-order chi connectivity index (χ0) is 14.4. The molecule has 0 aliphatic rings. The summed E-state index contributed by atoms with van der Waals surface area (Å²) in [4.78, 5) is 0. The number of benzene rings is 2. The van der Waals surface area contributed by atoms with Gasteiger partial charge in [0.2, 0.25) is 0 Å². The molecule has 4 nitrogen and oxygen atoms in total. The first-order valence-electron chi connectivity index (χ1n) is 6.45. The largest absolute Gasteiger partial charge is 0.497 e. The smallest absolute Gasteiger partial charge is 0.142 e. The van der Waals surface area contributed by atoms with E-state index in [1.54, 1.807) is 7.11 Å². The summed E-state index contributed by atoms with van der Waals surface area (Å²) in [6.45, 7) is 2.88. The second-order valence-corrected chi connectivity index (χ2v) is 4.42. The highest BCUT2D eigenvalue weighted by Gasteiger charge is 2.01. The minimum absolute atomic E-state index is 0.435. The molecule has 0 aromatic heterocycles. The molecule has 0 heterocycles. The summed E-state index contributed by atoms with van der Waals surface area (Å²) in [7, 11) is 1.63. The Balaban J connectivity index is 1.82. The zero-order valence-corrected chi connectivity index (χ0v) is 11.8. The average Bonchev–Trinajstić information content (AvgIpc) is 2.47. The number of hydrogen-bond acceptors (Lipinski definition) is 4. The Kier molecular flexibility index (Phi) is 4.71. The molecular weight excluding hydrogens is 254 g/mol. The Labute approximate surface area is 119 Å². The van der Waals surface area contributed by atoms with Crippen molar-refractivity contribution in [3.63, 3.8) is 0 Å². The van der Waals surface area contributed by atoms with Crippen LogP contribution in [0.15, 0.2) is 42.5 Å². The van der Waals surface area contributed by atoms with Crippen molar-refractivity contribution in [3.05, 3.63) is 48.0 Å². The quantitative estimate of drug-likeness (QED) is 0.649. The van der Waals surface area contributed by atoms with Gasteiger partial charge in [-0.3, -0.25) is 0 Å². The van der Waals surface area contributed by atoms with E-state index >= 15 is 0 Å². The van der Waals surface area contributed by atoms with E-state index in [0.29, 0.717) is 24.7 Å². The fraction of sp³-hybridized carbons (Fsp3) is 0.250. The number of ether oxygens (including phenoxy) is 3. The van der Waals surface area contributed by atoms with E-state index in [1.165, 1.54) is 0 Å². The van der Waals surface area contributed by atoms with Crippen LogP contribution in [-0.2, 0) is 0 Å². The van der Waals surface area contributed by atoms with Gasteiger partial charge in [0.05, 0.1) is 12.8 Å². The fourth-order valence-corrected chi connectivity index (χ4v) is 1.77. The summed E-state index contributed by atoms with van der Waals surface area (Å²) in [5, 5.41) is 0. The van der Waals surface area contributed by atoms with Gasteiger partial charge >= 0.3 is 0 Å². The number of aryl methyl sites for hydroxylation is 1. The van der Waals surface area contributed by atoms with Gasteiger partial charge in [-0.15, -0.1) is 0 Å². The third-order valence-electron chi connectivity index (χ3n) is 2.82. The van der Waals surface area contributed by atoms with E-state index < -0.39 is 0 Å². The van der Waals surface area contributed by atoms with Crippen molar-refractivity contribution in [2.45, 2.75) is 6.92 Å². The normalized spacial score (nSPS) is 10.1. The molecule has 4 heteroatoms. The molecule has 20 heavy (non-hydrogen) atoms. The van der Waals surface area contributed by atoms with Crippen LogP contribution in [0, 0.1) is 6.92 Å². The van der Waals surface area contributed by atoms with Gasteiger partial charge in [0.25, 0.3) is 0 Å². The highest BCUT2D eigenvalue weighted by atomic mass is 16.5. The predicted octanol–water partition coefficient (Wildman–Crippen LogP) is 3.04. The molecule has 0 amide bonds. The molecule has 0 fully saturated rings. The fourth-order valence-electron chi connectivity index (χ4n) is 1.77. The van der Waals surface area contributed by atoms with Crippen LogP contribution in [0.1, 0.15) is 5.56 Å². The van der Waals surface area contributed by atoms with Gasteiger partial charge in [0, 0.05) is 6.07 Å². The van der Waals surface area contributed by atoms with Crippen LogP contribution in [0.2, 0.25) is 0 Å². The molecule has 0 aliphatic heterocycles.